The number of benzene rings is 2. The Morgan fingerprint density at radius 1 is 1.11 bits per heavy atom. The zero-order valence-corrected chi connectivity index (χ0v) is 16.8. The third-order valence-electron chi connectivity index (χ3n) is 4.41. The van der Waals surface area contributed by atoms with Crippen molar-refractivity contribution in [2.24, 2.45) is 4.99 Å². The topological polar surface area (TPSA) is 56.7 Å². The van der Waals surface area contributed by atoms with E-state index in [0.717, 1.165) is 27.8 Å². The predicted molar refractivity (Wildman–Crippen MR) is 115 cm³/mol. The average molecular weight is 381 g/mol. The second-order valence-electron chi connectivity index (χ2n) is 6.51. The number of amides is 1. The number of nitrogens with zero attached hydrogens (tertiary/aromatic N) is 2. The fourth-order valence-corrected chi connectivity index (χ4v) is 3.43. The molecule has 2 aromatic rings. The van der Waals surface area contributed by atoms with E-state index >= 15 is 0 Å². The molecule has 2 N–H and O–H groups in total. The summed E-state index contributed by atoms with van der Waals surface area (Å²) in [7, 11) is 4.01. The minimum Gasteiger partial charge on any atom is -0.378 e. The lowest BCUT2D eigenvalue weighted by atomic mass is 9.95. The van der Waals surface area contributed by atoms with E-state index in [2.05, 4.69) is 10.6 Å². The molecule has 27 heavy (non-hydrogen) atoms. The van der Waals surface area contributed by atoms with Crippen molar-refractivity contribution in [3.8, 4) is 0 Å². The van der Waals surface area contributed by atoms with Gasteiger partial charge in [-0.05, 0) is 43.0 Å². The van der Waals surface area contributed by atoms with Crippen molar-refractivity contribution in [2.45, 2.75) is 13.0 Å². The monoisotopic (exact) mass is 380 g/mol. The molecule has 0 bridgehead atoms. The fourth-order valence-electron chi connectivity index (χ4n) is 2.96. The maximum Gasteiger partial charge on any atom is 0.255 e. The van der Waals surface area contributed by atoms with Gasteiger partial charge in [0.1, 0.15) is 6.04 Å². The number of carbonyl (C=O) groups excluding carboxylic acids is 1. The van der Waals surface area contributed by atoms with Crippen LogP contribution >= 0.6 is 11.8 Å². The molecule has 0 radical (unpaired) electrons. The van der Waals surface area contributed by atoms with Crippen LogP contribution in [0.4, 0.5) is 11.4 Å². The second-order valence-corrected chi connectivity index (χ2v) is 7.31. The summed E-state index contributed by atoms with van der Waals surface area (Å²) in [6, 6.07) is 17.3. The lowest BCUT2D eigenvalue weighted by molar-refractivity contribution is -0.113. The Labute approximate surface area is 164 Å². The zero-order chi connectivity index (χ0) is 19.4. The number of hydrogen-bond donors (Lipinski definition) is 2. The van der Waals surface area contributed by atoms with Gasteiger partial charge in [-0.3, -0.25) is 4.79 Å². The molecule has 0 aliphatic carbocycles. The Kier molecular flexibility index (Phi) is 5.86. The van der Waals surface area contributed by atoms with E-state index in [0.29, 0.717) is 5.57 Å². The summed E-state index contributed by atoms with van der Waals surface area (Å²) in [4.78, 5) is 19.9. The van der Waals surface area contributed by atoms with Gasteiger partial charge in [-0.15, -0.1) is 0 Å². The molecule has 6 heteroatoms. The van der Waals surface area contributed by atoms with E-state index in [1.807, 2.05) is 86.8 Å². The van der Waals surface area contributed by atoms with Crippen LogP contribution in [0.3, 0.4) is 0 Å². The van der Waals surface area contributed by atoms with Crippen LogP contribution < -0.4 is 15.5 Å². The highest BCUT2D eigenvalue weighted by Crippen LogP contribution is 2.33. The van der Waals surface area contributed by atoms with Crippen LogP contribution in [0.1, 0.15) is 18.5 Å². The normalized spacial score (nSPS) is 16.4. The van der Waals surface area contributed by atoms with E-state index in [-0.39, 0.29) is 11.9 Å². The fraction of sp³-hybridized carbons (Fsp3) is 0.238. The molecule has 0 aromatic heterocycles. The van der Waals surface area contributed by atoms with Crippen molar-refractivity contribution in [1.82, 2.24) is 5.32 Å². The van der Waals surface area contributed by atoms with E-state index in [9.17, 15) is 4.79 Å². The Hall–Kier alpha value is -2.73. The first-order valence-electron chi connectivity index (χ1n) is 8.73. The minimum absolute atomic E-state index is 0.142. The third kappa shape index (κ3) is 4.34. The molecule has 0 unspecified atom stereocenters. The number of rotatable bonds is 4. The summed E-state index contributed by atoms with van der Waals surface area (Å²) < 4.78 is 0. The second kappa shape index (κ2) is 8.31. The number of thioether (sulfide) groups is 1. The average Bonchev–Trinajstić information content (AvgIpc) is 2.68. The van der Waals surface area contributed by atoms with Gasteiger partial charge in [-0.25, -0.2) is 4.99 Å². The van der Waals surface area contributed by atoms with Gasteiger partial charge in [-0.1, -0.05) is 42.1 Å². The Balaban J connectivity index is 1.95. The molecule has 0 spiro atoms. The highest BCUT2D eigenvalue weighted by atomic mass is 32.2. The van der Waals surface area contributed by atoms with E-state index in [1.54, 1.807) is 0 Å². The van der Waals surface area contributed by atoms with Crippen molar-refractivity contribution in [2.75, 3.05) is 30.6 Å². The first kappa shape index (κ1) is 19.0. The van der Waals surface area contributed by atoms with Gasteiger partial charge in [-0.2, -0.15) is 0 Å². The molecular weight excluding hydrogens is 356 g/mol. The van der Waals surface area contributed by atoms with Gasteiger partial charge >= 0.3 is 0 Å². The molecule has 1 aliphatic rings. The number of nitrogens with one attached hydrogen (secondary N) is 2. The third-order valence-corrected chi connectivity index (χ3v) is 5.01. The highest BCUT2D eigenvalue weighted by molar-refractivity contribution is 8.13. The number of amidine groups is 1. The van der Waals surface area contributed by atoms with Gasteiger partial charge in [0.25, 0.3) is 5.91 Å². The Bertz CT molecular complexity index is 873. The SMILES string of the molecule is CSC1=N[C@@H](c2ccc(N(C)C)cc2)C(C(=O)Nc2ccccc2)=C(C)N1. The highest BCUT2D eigenvalue weighted by Gasteiger charge is 2.29. The lowest BCUT2D eigenvalue weighted by Gasteiger charge is -2.26. The zero-order valence-electron chi connectivity index (χ0n) is 16.0. The van der Waals surface area contributed by atoms with Gasteiger partial charge < -0.3 is 15.5 Å². The molecule has 0 fully saturated rings. The van der Waals surface area contributed by atoms with Gasteiger partial charge in [0.2, 0.25) is 0 Å². The Morgan fingerprint density at radius 2 is 1.78 bits per heavy atom. The largest absolute Gasteiger partial charge is 0.378 e. The first-order chi connectivity index (χ1) is 13.0. The van der Waals surface area contributed by atoms with Gasteiger partial charge in [0, 0.05) is 31.2 Å². The molecule has 5 nitrogen and oxygen atoms in total. The number of anilines is 2. The molecule has 2 aromatic carbocycles. The van der Waals surface area contributed by atoms with Crippen molar-refractivity contribution >= 4 is 34.2 Å². The van der Waals surface area contributed by atoms with Crippen LogP contribution in [0.15, 0.2) is 70.9 Å². The van der Waals surface area contributed by atoms with E-state index < -0.39 is 0 Å². The summed E-state index contributed by atoms with van der Waals surface area (Å²) in [6.45, 7) is 1.92. The van der Waals surface area contributed by atoms with Crippen LogP contribution in [0.5, 0.6) is 0 Å². The molecule has 0 saturated carbocycles. The van der Waals surface area contributed by atoms with Crippen LogP contribution in [-0.4, -0.2) is 31.4 Å². The van der Waals surface area contributed by atoms with Gasteiger partial charge in [0.05, 0.1) is 5.57 Å². The number of para-hydroxylation sites is 1. The van der Waals surface area contributed by atoms with Crippen LogP contribution in [0.25, 0.3) is 0 Å². The quantitative estimate of drug-likeness (QED) is 0.841. The van der Waals surface area contributed by atoms with Crippen molar-refractivity contribution in [1.29, 1.82) is 0 Å². The predicted octanol–water partition coefficient (Wildman–Crippen LogP) is 4.03. The van der Waals surface area contributed by atoms with Crippen LogP contribution in [0.2, 0.25) is 0 Å². The minimum atomic E-state index is -0.339. The maximum absolute atomic E-state index is 13.0. The summed E-state index contributed by atoms with van der Waals surface area (Å²) >= 11 is 1.54. The summed E-state index contributed by atoms with van der Waals surface area (Å²) in [5.74, 6) is -0.142. The Morgan fingerprint density at radius 3 is 2.37 bits per heavy atom. The molecule has 3 rings (SSSR count). The number of allylic oxidation sites excluding steroid dienone is 1. The molecular formula is C21H24N4OS. The lowest BCUT2D eigenvalue weighted by Crippen LogP contribution is -2.31. The van der Waals surface area contributed by atoms with E-state index in [1.165, 1.54) is 11.8 Å². The van der Waals surface area contributed by atoms with Crippen LogP contribution in [-0.2, 0) is 4.79 Å². The van der Waals surface area contributed by atoms with Gasteiger partial charge in [0.15, 0.2) is 5.17 Å². The van der Waals surface area contributed by atoms with Crippen molar-refractivity contribution < 1.29 is 4.79 Å². The number of carbonyl (C=O) groups is 1. The van der Waals surface area contributed by atoms with Crippen molar-refractivity contribution in [3.63, 3.8) is 0 Å². The van der Waals surface area contributed by atoms with Crippen LogP contribution in [0, 0.1) is 0 Å². The molecule has 1 aliphatic heterocycles. The molecule has 140 valence electrons. The molecule has 1 amide bonds. The standard InChI is InChI=1S/C21H24N4OS/c1-14-18(20(26)23-16-8-6-5-7-9-16)19(24-21(22-14)27-4)15-10-12-17(13-11-15)25(2)3/h5-13,19H,1-4H3,(H,22,24)(H,23,26)/t19-/m0/s1. The summed E-state index contributed by atoms with van der Waals surface area (Å²) in [5.41, 5.74) is 4.33. The first-order valence-corrected chi connectivity index (χ1v) is 9.95. The summed E-state index contributed by atoms with van der Waals surface area (Å²) in [5, 5.41) is 7.03. The van der Waals surface area contributed by atoms with E-state index in [4.69, 9.17) is 4.99 Å². The summed E-state index contributed by atoms with van der Waals surface area (Å²) in [6.07, 6.45) is 1.97. The van der Waals surface area contributed by atoms with Crippen molar-refractivity contribution in [3.05, 3.63) is 71.4 Å². The maximum atomic E-state index is 13.0. The molecule has 1 atom stereocenters. The number of hydrogen-bond acceptors (Lipinski definition) is 5. The molecule has 1 heterocycles. The number of aliphatic imine (C=N–C) groups is 1. The molecule has 0 saturated heterocycles. The smallest absolute Gasteiger partial charge is 0.255 e.